The molecule has 0 atom stereocenters. The number of carboxylic acid groups (broad SMARTS) is 1. The highest BCUT2D eigenvalue weighted by Crippen LogP contribution is 2.38. The molecule has 0 spiro atoms. The number of aryl methyl sites for hydroxylation is 3. The van der Waals surface area contributed by atoms with Crippen molar-refractivity contribution in [2.24, 2.45) is 18.9 Å². The molecule has 3 aromatic rings. The molecule has 1 heterocycles. The number of halogens is 6. The zero-order chi connectivity index (χ0) is 33.8. The van der Waals surface area contributed by atoms with E-state index in [-0.39, 0.29) is 43.0 Å². The van der Waals surface area contributed by atoms with Crippen LogP contribution in [0.15, 0.2) is 30.3 Å². The lowest BCUT2D eigenvalue weighted by atomic mass is 9.80. The summed E-state index contributed by atoms with van der Waals surface area (Å²) >= 11 is 0. The maximum atomic E-state index is 13.7. The van der Waals surface area contributed by atoms with Crippen molar-refractivity contribution in [1.29, 1.82) is 0 Å². The molecule has 4 rings (SSSR count). The fourth-order valence-electron chi connectivity index (χ4n) is 6.17. The monoisotopic (exact) mass is 654 g/mol. The molecule has 252 valence electrons. The van der Waals surface area contributed by atoms with Gasteiger partial charge in [-0.3, -0.25) is 4.79 Å². The van der Waals surface area contributed by atoms with Crippen molar-refractivity contribution in [1.82, 2.24) is 20.2 Å². The molecule has 8 nitrogen and oxygen atoms in total. The van der Waals surface area contributed by atoms with Crippen LogP contribution in [-0.4, -0.2) is 44.4 Å². The van der Waals surface area contributed by atoms with Crippen LogP contribution in [0, 0.1) is 25.7 Å². The van der Waals surface area contributed by atoms with Crippen LogP contribution in [-0.2, 0) is 37.3 Å². The van der Waals surface area contributed by atoms with Crippen molar-refractivity contribution in [3.8, 4) is 0 Å². The Bertz CT molecular complexity index is 1460. The first-order chi connectivity index (χ1) is 21.5. The van der Waals surface area contributed by atoms with Gasteiger partial charge in [0.15, 0.2) is 0 Å². The van der Waals surface area contributed by atoms with Gasteiger partial charge < -0.3 is 14.9 Å². The Kier molecular flexibility index (Phi) is 10.9. The second-order valence-electron chi connectivity index (χ2n) is 12.3. The smallest absolute Gasteiger partial charge is 0.416 e. The first-order valence-electron chi connectivity index (χ1n) is 15.4. The highest BCUT2D eigenvalue weighted by molar-refractivity contribution is 5.67. The standard InChI is InChI=1S/C32H40F6N6O2/c1-5-10-43(17-23-8-6-22(7-9-23)15-29(45)46)28-12-21(3)20(2)11-25(28)19-44(30-39-41-42(4)40-30)18-24-13-26(31(33,34)35)16-27(14-24)32(36,37)38/h11-14,16,22-23H,5-10,15,17-19H2,1-4H3,(H,45,46)/t22-,23-. The number of carbonyl (C=O) groups is 1. The maximum Gasteiger partial charge on any atom is 0.416 e. The van der Waals surface area contributed by atoms with Gasteiger partial charge in [0.05, 0.1) is 18.2 Å². The molecule has 0 aliphatic heterocycles. The SMILES string of the molecule is CCCN(C[C@H]1CC[C@H](CC(=O)O)CC1)c1cc(C)c(C)cc1CN(Cc1cc(C(F)(F)F)cc(C(F)(F)F)c1)c1nnn(C)n1. The van der Waals surface area contributed by atoms with E-state index in [1.165, 1.54) is 16.7 Å². The first kappa shape index (κ1) is 35.0. The van der Waals surface area contributed by atoms with Crippen molar-refractivity contribution in [3.63, 3.8) is 0 Å². The molecule has 46 heavy (non-hydrogen) atoms. The van der Waals surface area contributed by atoms with Crippen LogP contribution in [0.1, 0.15) is 78.8 Å². The van der Waals surface area contributed by atoms with Crippen LogP contribution < -0.4 is 9.80 Å². The minimum Gasteiger partial charge on any atom is -0.481 e. The number of hydrogen-bond donors (Lipinski definition) is 1. The highest BCUT2D eigenvalue weighted by Gasteiger charge is 2.37. The summed E-state index contributed by atoms with van der Waals surface area (Å²) in [6.45, 7) is 7.26. The van der Waals surface area contributed by atoms with Gasteiger partial charge >= 0.3 is 18.3 Å². The molecule has 0 unspecified atom stereocenters. The first-order valence-corrected chi connectivity index (χ1v) is 15.4. The molecule has 14 heteroatoms. The molecule has 1 fully saturated rings. The Morgan fingerprint density at radius 3 is 2.00 bits per heavy atom. The van der Waals surface area contributed by atoms with Crippen molar-refractivity contribution in [2.45, 2.75) is 84.7 Å². The number of carboxylic acids is 1. The summed E-state index contributed by atoms with van der Waals surface area (Å²) in [5.41, 5.74) is 0.810. The van der Waals surface area contributed by atoms with Crippen molar-refractivity contribution < 1.29 is 36.2 Å². The molecule has 1 N–H and O–H groups in total. The van der Waals surface area contributed by atoms with Crippen LogP contribution in [0.25, 0.3) is 0 Å². The summed E-state index contributed by atoms with van der Waals surface area (Å²) in [5, 5.41) is 21.3. The number of aromatic nitrogens is 4. The van der Waals surface area contributed by atoms with Crippen molar-refractivity contribution >= 4 is 17.6 Å². The Morgan fingerprint density at radius 2 is 1.48 bits per heavy atom. The van der Waals surface area contributed by atoms with Gasteiger partial charge in [0, 0.05) is 38.3 Å². The minimum absolute atomic E-state index is 0.0662. The summed E-state index contributed by atoms with van der Waals surface area (Å²) < 4.78 is 82.0. The number of benzene rings is 2. The molecule has 2 aromatic carbocycles. The second-order valence-corrected chi connectivity index (χ2v) is 12.3. The number of anilines is 2. The van der Waals surface area contributed by atoms with Crippen LogP contribution >= 0.6 is 0 Å². The van der Waals surface area contributed by atoms with Crippen molar-refractivity contribution in [2.75, 3.05) is 22.9 Å². The average molecular weight is 655 g/mol. The number of hydrogen-bond acceptors (Lipinski definition) is 6. The molecule has 0 amide bonds. The summed E-state index contributed by atoms with van der Waals surface area (Å²) in [6.07, 6.45) is -5.41. The average Bonchev–Trinajstić information content (AvgIpc) is 3.40. The van der Waals surface area contributed by atoms with E-state index in [2.05, 4.69) is 33.3 Å². The molecule has 1 aliphatic carbocycles. The topological polar surface area (TPSA) is 87.4 Å². The maximum absolute atomic E-state index is 13.7. The molecule has 1 saturated carbocycles. The van der Waals surface area contributed by atoms with E-state index >= 15 is 0 Å². The highest BCUT2D eigenvalue weighted by atomic mass is 19.4. The molecular weight excluding hydrogens is 614 g/mol. The van der Waals surface area contributed by atoms with Crippen LogP contribution in [0.5, 0.6) is 0 Å². The van der Waals surface area contributed by atoms with Crippen LogP contribution in [0.3, 0.4) is 0 Å². The van der Waals surface area contributed by atoms with Crippen LogP contribution in [0.2, 0.25) is 0 Å². The van der Waals surface area contributed by atoms with Gasteiger partial charge in [0.1, 0.15) is 0 Å². The predicted octanol–water partition coefficient (Wildman–Crippen LogP) is 7.57. The van der Waals surface area contributed by atoms with E-state index in [1.54, 1.807) is 0 Å². The second kappa shape index (κ2) is 14.3. The van der Waals surface area contributed by atoms with E-state index in [0.29, 0.717) is 5.92 Å². The lowest BCUT2D eigenvalue weighted by Gasteiger charge is -2.35. The summed E-state index contributed by atoms with van der Waals surface area (Å²) in [6, 6.07) is 5.64. The quantitative estimate of drug-likeness (QED) is 0.202. The lowest BCUT2D eigenvalue weighted by molar-refractivity contribution is -0.143. The molecule has 0 radical (unpaired) electrons. The molecule has 1 aromatic heterocycles. The summed E-state index contributed by atoms with van der Waals surface area (Å²) in [5.74, 6) is -0.184. The van der Waals surface area contributed by atoms with E-state index in [0.717, 1.165) is 79.7 Å². The summed E-state index contributed by atoms with van der Waals surface area (Å²) in [4.78, 5) is 16.2. The van der Waals surface area contributed by atoms with E-state index in [1.807, 2.05) is 19.9 Å². The van der Waals surface area contributed by atoms with Crippen molar-refractivity contribution in [3.05, 3.63) is 63.7 Å². The third kappa shape index (κ3) is 9.12. The van der Waals surface area contributed by atoms with E-state index in [4.69, 9.17) is 0 Å². The molecular formula is C32H40F6N6O2. The zero-order valence-electron chi connectivity index (χ0n) is 26.4. The fraction of sp³-hybridized carbons (Fsp3) is 0.562. The summed E-state index contributed by atoms with van der Waals surface area (Å²) in [7, 11) is 1.52. The Morgan fingerprint density at radius 1 is 0.891 bits per heavy atom. The third-order valence-corrected chi connectivity index (χ3v) is 8.60. The molecule has 1 aliphatic rings. The third-order valence-electron chi connectivity index (χ3n) is 8.60. The van der Waals surface area contributed by atoms with Gasteiger partial charge in [0.2, 0.25) is 0 Å². The lowest BCUT2D eigenvalue weighted by Crippen LogP contribution is -2.34. The van der Waals surface area contributed by atoms with Gasteiger partial charge in [-0.2, -0.15) is 31.1 Å². The van der Waals surface area contributed by atoms with Gasteiger partial charge in [0.25, 0.3) is 5.95 Å². The number of nitrogens with zero attached hydrogens (tertiary/aromatic N) is 6. The Labute approximate surface area is 264 Å². The van der Waals surface area contributed by atoms with Gasteiger partial charge in [-0.25, -0.2) is 0 Å². The Hall–Kier alpha value is -3.84. The number of tetrazole rings is 1. The van der Waals surface area contributed by atoms with Crippen LogP contribution in [0.4, 0.5) is 38.0 Å². The largest absolute Gasteiger partial charge is 0.481 e. The van der Waals surface area contributed by atoms with E-state index in [9.17, 15) is 36.2 Å². The molecule has 0 bridgehead atoms. The fourth-order valence-corrected chi connectivity index (χ4v) is 6.17. The van der Waals surface area contributed by atoms with Gasteiger partial charge in [-0.1, -0.05) is 18.1 Å². The van der Waals surface area contributed by atoms with Gasteiger partial charge in [-0.15, -0.1) is 5.10 Å². The van der Waals surface area contributed by atoms with Gasteiger partial charge in [-0.05, 0) is 110 Å². The van der Waals surface area contributed by atoms with E-state index < -0.39 is 29.4 Å². The number of rotatable bonds is 12. The number of alkyl halides is 6. The zero-order valence-corrected chi connectivity index (χ0v) is 26.4. The minimum atomic E-state index is -4.97. The predicted molar refractivity (Wildman–Crippen MR) is 161 cm³/mol. The number of aliphatic carboxylic acids is 1. The normalized spacial score (nSPS) is 17.3. The Balaban J connectivity index is 1.69. The molecule has 0 saturated heterocycles.